The maximum atomic E-state index is 12.5. The van der Waals surface area contributed by atoms with E-state index in [1.54, 1.807) is 4.90 Å². The Labute approximate surface area is 168 Å². The Hall–Kier alpha value is -1.73. The van der Waals surface area contributed by atoms with Gasteiger partial charge in [-0.1, -0.05) is 23.8 Å². The number of aromatic nitrogens is 3. The Morgan fingerprint density at radius 2 is 1.96 bits per heavy atom. The van der Waals surface area contributed by atoms with Gasteiger partial charge in [-0.2, -0.15) is 0 Å². The third-order valence-electron chi connectivity index (χ3n) is 5.74. The zero-order valence-electron chi connectivity index (χ0n) is 17.6. The molecule has 1 amide bonds. The number of ether oxygens (including phenoxy) is 1. The van der Waals surface area contributed by atoms with Crippen molar-refractivity contribution in [3.05, 3.63) is 23.5 Å². The molecule has 2 aliphatic heterocycles. The molecule has 2 saturated heterocycles. The Morgan fingerprint density at radius 1 is 1.25 bits per heavy atom. The van der Waals surface area contributed by atoms with E-state index in [9.17, 15) is 4.79 Å². The fraction of sp³-hybridized carbons (Fsp3) is 0.762. The molecule has 3 heterocycles. The molecule has 2 fully saturated rings. The largest absolute Gasteiger partial charge is 0.378 e. The van der Waals surface area contributed by atoms with Gasteiger partial charge in [0.2, 0.25) is 0 Å². The molecule has 0 radical (unpaired) electrons. The van der Waals surface area contributed by atoms with Crippen LogP contribution in [-0.2, 0) is 4.74 Å². The average Bonchev–Trinajstić information content (AvgIpc) is 3.18. The number of nitrogens with zero attached hydrogens (tertiary/aromatic N) is 5. The van der Waals surface area contributed by atoms with Gasteiger partial charge in [0.1, 0.15) is 0 Å². The molecule has 156 valence electrons. The van der Waals surface area contributed by atoms with Gasteiger partial charge in [0, 0.05) is 32.7 Å². The maximum Gasteiger partial charge on any atom is 0.276 e. The minimum atomic E-state index is -0.0304. The third-order valence-corrected chi connectivity index (χ3v) is 5.74. The van der Waals surface area contributed by atoms with Gasteiger partial charge < -0.3 is 14.5 Å². The number of amides is 1. The van der Waals surface area contributed by atoms with Gasteiger partial charge >= 0.3 is 0 Å². The topological polar surface area (TPSA) is 63.5 Å². The number of allylic oxidation sites excluding steroid dienone is 2. The van der Waals surface area contributed by atoms with Crippen LogP contribution in [0.5, 0.6) is 0 Å². The molecule has 1 aromatic heterocycles. The molecule has 0 bridgehead atoms. The number of carbonyl (C=O) groups is 1. The average molecular weight is 390 g/mol. The van der Waals surface area contributed by atoms with Crippen LogP contribution >= 0.6 is 0 Å². The summed E-state index contributed by atoms with van der Waals surface area (Å²) >= 11 is 0. The second kappa shape index (κ2) is 10.2. The standard InChI is InChI=1S/C21H35N5O2/c1-17(2)5-4-6-18(3)15-24-9-7-19(8-10-24)26-16-20(22-23-26)21(27)25-11-13-28-14-12-25/h5,16,18-19H,4,6-15H2,1-3H3/t18-/m1/s1. The van der Waals surface area contributed by atoms with E-state index in [4.69, 9.17) is 4.74 Å². The highest BCUT2D eigenvalue weighted by molar-refractivity contribution is 5.92. The highest BCUT2D eigenvalue weighted by Gasteiger charge is 2.25. The first-order valence-electron chi connectivity index (χ1n) is 10.7. The SMILES string of the molecule is CC(C)=CCC[C@@H](C)CN1CCC(n2cc(C(=O)N3CCOCC3)nn2)CC1. The lowest BCUT2D eigenvalue weighted by Crippen LogP contribution is -2.40. The first kappa shape index (κ1) is 21.0. The smallest absolute Gasteiger partial charge is 0.276 e. The Balaban J connectivity index is 1.44. The van der Waals surface area contributed by atoms with Crippen LogP contribution in [0.25, 0.3) is 0 Å². The van der Waals surface area contributed by atoms with Crippen LogP contribution in [0, 0.1) is 5.92 Å². The molecule has 0 N–H and O–H groups in total. The number of carbonyl (C=O) groups excluding carboxylic acids is 1. The number of hydrogen-bond acceptors (Lipinski definition) is 5. The minimum absolute atomic E-state index is 0.0304. The Morgan fingerprint density at radius 3 is 2.64 bits per heavy atom. The van der Waals surface area contributed by atoms with Crippen LogP contribution in [0.4, 0.5) is 0 Å². The summed E-state index contributed by atoms with van der Waals surface area (Å²) in [6.07, 6.45) is 8.73. The quantitative estimate of drug-likeness (QED) is 0.671. The molecule has 3 rings (SSSR count). The molecule has 7 nitrogen and oxygen atoms in total. The number of morpholine rings is 1. The van der Waals surface area contributed by atoms with Crippen molar-refractivity contribution in [2.75, 3.05) is 45.9 Å². The first-order valence-corrected chi connectivity index (χ1v) is 10.7. The fourth-order valence-corrected chi connectivity index (χ4v) is 4.04. The molecule has 0 aliphatic carbocycles. The van der Waals surface area contributed by atoms with Crippen molar-refractivity contribution < 1.29 is 9.53 Å². The van der Waals surface area contributed by atoms with Gasteiger partial charge in [-0.3, -0.25) is 4.79 Å². The highest BCUT2D eigenvalue weighted by Crippen LogP contribution is 2.23. The van der Waals surface area contributed by atoms with Gasteiger partial charge in [-0.25, -0.2) is 4.68 Å². The fourth-order valence-electron chi connectivity index (χ4n) is 4.04. The van der Waals surface area contributed by atoms with E-state index in [1.807, 2.05) is 10.9 Å². The predicted molar refractivity (Wildman–Crippen MR) is 109 cm³/mol. The molecule has 7 heteroatoms. The summed E-state index contributed by atoms with van der Waals surface area (Å²) in [7, 11) is 0. The molecular formula is C21H35N5O2. The zero-order valence-corrected chi connectivity index (χ0v) is 17.6. The zero-order chi connectivity index (χ0) is 19.9. The molecule has 28 heavy (non-hydrogen) atoms. The van der Waals surface area contributed by atoms with E-state index in [-0.39, 0.29) is 5.91 Å². The first-order chi connectivity index (χ1) is 13.5. The van der Waals surface area contributed by atoms with Crippen LogP contribution < -0.4 is 0 Å². The van der Waals surface area contributed by atoms with Crippen molar-refractivity contribution in [3.63, 3.8) is 0 Å². The van der Waals surface area contributed by atoms with Crippen molar-refractivity contribution in [2.45, 2.75) is 52.5 Å². The second-order valence-electron chi connectivity index (χ2n) is 8.48. The van der Waals surface area contributed by atoms with Gasteiger partial charge in [0.05, 0.1) is 25.5 Å². The third kappa shape index (κ3) is 5.88. The lowest BCUT2D eigenvalue weighted by Gasteiger charge is -2.33. The maximum absolute atomic E-state index is 12.5. The lowest BCUT2D eigenvalue weighted by atomic mass is 10.0. The Bertz CT molecular complexity index is 654. The number of hydrogen-bond donors (Lipinski definition) is 0. The van der Waals surface area contributed by atoms with Crippen LogP contribution in [0.3, 0.4) is 0 Å². The summed E-state index contributed by atoms with van der Waals surface area (Å²) in [4.78, 5) is 16.9. The predicted octanol–water partition coefficient (Wildman–Crippen LogP) is 2.77. The monoisotopic (exact) mass is 389 g/mol. The molecule has 2 aliphatic rings. The van der Waals surface area contributed by atoms with E-state index in [2.05, 4.69) is 42.1 Å². The summed E-state index contributed by atoms with van der Waals surface area (Å²) in [6, 6.07) is 0.343. The summed E-state index contributed by atoms with van der Waals surface area (Å²) < 4.78 is 7.22. The summed E-state index contributed by atoms with van der Waals surface area (Å²) in [6.45, 7) is 12.5. The van der Waals surface area contributed by atoms with Crippen molar-refractivity contribution in [1.29, 1.82) is 0 Å². The van der Waals surface area contributed by atoms with Crippen molar-refractivity contribution in [2.24, 2.45) is 5.92 Å². The van der Waals surface area contributed by atoms with Gasteiger partial charge in [-0.05, 0) is 45.4 Å². The van der Waals surface area contributed by atoms with E-state index in [1.165, 1.54) is 25.0 Å². The summed E-state index contributed by atoms with van der Waals surface area (Å²) in [5.41, 5.74) is 1.87. The highest BCUT2D eigenvalue weighted by atomic mass is 16.5. The van der Waals surface area contributed by atoms with Crippen molar-refractivity contribution in [1.82, 2.24) is 24.8 Å². The van der Waals surface area contributed by atoms with Crippen molar-refractivity contribution in [3.8, 4) is 0 Å². The van der Waals surface area contributed by atoms with Crippen LogP contribution in [0.2, 0.25) is 0 Å². The minimum Gasteiger partial charge on any atom is -0.378 e. The van der Waals surface area contributed by atoms with E-state index in [0.29, 0.717) is 38.0 Å². The second-order valence-corrected chi connectivity index (χ2v) is 8.48. The normalized spacial score (nSPS) is 20.2. The molecule has 1 aromatic rings. The van der Waals surface area contributed by atoms with Gasteiger partial charge in [0.15, 0.2) is 5.69 Å². The van der Waals surface area contributed by atoms with E-state index >= 15 is 0 Å². The van der Waals surface area contributed by atoms with E-state index < -0.39 is 0 Å². The number of piperidine rings is 1. The molecule has 1 atom stereocenters. The summed E-state index contributed by atoms with van der Waals surface area (Å²) in [5.74, 6) is 0.688. The van der Waals surface area contributed by atoms with Crippen LogP contribution in [0.1, 0.15) is 63.0 Å². The molecule has 0 spiro atoms. The molecule has 0 saturated carbocycles. The van der Waals surface area contributed by atoms with Gasteiger partial charge in [-0.15, -0.1) is 5.10 Å². The molecule has 0 aromatic carbocycles. The Kier molecular flexibility index (Phi) is 7.62. The van der Waals surface area contributed by atoms with E-state index in [0.717, 1.165) is 31.8 Å². The van der Waals surface area contributed by atoms with Crippen LogP contribution in [0.15, 0.2) is 17.8 Å². The van der Waals surface area contributed by atoms with Gasteiger partial charge in [0.25, 0.3) is 5.91 Å². The number of rotatable bonds is 7. The summed E-state index contributed by atoms with van der Waals surface area (Å²) in [5, 5.41) is 8.41. The molecular weight excluding hydrogens is 354 g/mol. The van der Waals surface area contributed by atoms with Crippen LogP contribution in [-0.4, -0.2) is 76.6 Å². The number of likely N-dealkylation sites (tertiary alicyclic amines) is 1. The lowest BCUT2D eigenvalue weighted by molar-refractivity contribution is 0.0299. The molecule has 0 unspecified atom stereocenters. The van der Waals surface area contributed by atoms with Crippen molar-refractivity contribution >= 4 is 5.91 Å².